The highest BCUT2D eigenvalue weighted by Gasteiger charge is 2.33. The predicted molar refractivity (Wildman–Crippen MR) is 118 cm³/mol. The highest BCUT2D eigenvalue weighted by Crippen LogP contribution is 2.34. The first-order chi connectivity index (χ1) is 15.0. The molecule has 2 saturated carbocycles. The summed E-state index contributed by atoms with van der Waals surface area (Å²) in [7, 11) is 1.68. The molecule has 1 aromatic heterocycles. The topological polar surface area (TPSA) is 64.8 Å². The van der Waals surface area contributed by atoms with E-state index in [1.54, 1.807) is 7.11 Å². The van der Waals surface area contributed by atoms with Crippen molar-refractivity contribution < 1.29 is 18.8 Å². The number of amides is 1. The quantitative estimate of drug-likeness (QED) is 0.547. The summed E-state index contributed by atoms with van der Waals surface area (Å²) in [5, 5.41) is 3.99. The molecule has 0 atom stereocenters. The van der Waals surface area contributed by atoms with Gasteiger partial charge in [-0.05, 0) is 70.1 Å². The van der Waals surface area contributed by atoms with Gasteiger partial charge in [0.2, 0.25) is 5.91 Å². The minimum Gasteiger partial charge on any atom is -0.493 e. The van der Waals surface area contributed by atoms with E-state index in [0.717, 1.165) is 59.8 Å². The van der Waals surface area contributed by atoms with Gasteiger partial charge in [-0.3, -0.25) is 4.79 Å². The van der Waals surface area contributed by atoms with Crippen LogP contribution in [0.2, 0.25) is 0 Å². The number of hydrogen-bond acceptors (Lipinski definition) is 5. The number of carbonyl (C=O) groups excluding carboxylic acids is 1. The van der Waals surface area contributed by atoms with E-state index in [0.29, 0.717) is 19.0 Å². The van der Waals surface area contributed by atoms with Crippen molar-refractivity contribution in [3.8, 4) is 11.5 Å². The van der Waals surface area contributed by atoms with E-state index in [4.69, 9.17) is 14.0 Å². The zero-order valence-corrected chi connectivity index (χ0v) is 19.0. The van der Waals surface area contributed by atoms with Crippen LogP contribution in [0.5, 0.6) is 11.5 Å². The molecule has 4 rings (SSSR count). The summed E-state index contributed by atoms with van der Waals surface area (Å²) in [6, 6.07) is 6.38. The number of carbonyl (C=O) groups is 1. The Balaban J connectivity index is 1.49. The average molecular weight is 427 g/mol. The largest absolute Gasteiger partial charge is 0.493 e. The molecule has 0 bridgehead atoms. The van der Waals surface area contributed by atoms with Gasteiger partial charge in [-0.1, -0.05) is 24.1 Å². The van der Waals surface area contributed by atoms with Gasteiger partial charge in [0.1, 0.15) is 5.76 Å². The monoisotopic (exact) mass is 426 g/mol. The Morgan fingerprint density at radius 2 is 1.84 bits per heavy atom. The normalized spacial score (nSPS) is 17.3. The van der Waals surface area contributed by atoms with Gasteiger partial charge in [-0.25, -0.2) is 0 Å². The average Bonchev–Trinajstić information content (AvgIpc) is 3.58. The second-order valence-electron chi connectivity index (χ2n) is 8.95. The molecule has 0 radical (unpaired) electrons. The highest BCUT2D eigenvalue weighted by atomic mass is 16.5. The summed E-state index contributed by atoms with van der Waals surface area (Å²) in [6.45, 7) is 4.34. The maximum atomic E-state index is 13.2. The first-order valence-electron chi connectivity index (χ1n) is 11.6. The van der Waals surface area contributed by atoms with Crippen LogP contribution in [0.25, 0.3) is 0 Å². The van der Waals surface area contributed by atoms with Gasteiger partial charge in [0.15, 0.2) is 11.5 Å². The number of methoxy groups -OCH3 is 1. The first kappa shape index (κ1) is 21.7. The molecule has 0 unspecified atom stereocenters. The second-order valence-corrected chi connectivity index (χ2v) is 8.95. The van der Waals surface area contributed by atoms with E-state index in [-0.39, 0.29) is 12.0 Å². The van der Waals surface area contributed by atoms with Crippen molar-refractivity contribution >= 4 is 5.91 Å². The molecule has 6 nitrogen and oxygen atoms in total. The fraction of sp³-hybridized carbons (Fsp3) is 0.600. The van der Waals surface area contributed by atoms with E-state index >= 15 is 0 Å². The maximum absolute atomic E-state index is 13.2. The molecule has 2 aliphatic rings. The number of ether oxygens (including phenoxy) is 2. The van der Waals surface area contributed by atoms with Crippen molar-refractivity contribution in [2.75, 3.05) is 7.11 Å². The minimum absolute atomic E-state index is 0.124. The number of aryl methyl sites for hydroxylation is 2. The molecule has 1 heterocycles. The lowest BCUT2D eigenvalue weighted by atomic mass is 10.1. The molecule has 168 valence electrons. The Morgan fingerprint density at radius 3 is 2.45 bits per heavy atom. The van der Waals surface area contributed by atoms with Crippen molar-refractivity contribution in [1.82, 2.24) is 10.1 Å². The van der Waals surface area contributed by atoms with Crippen molar-refractivity contribution in [3.05, 3.63) is 40.8 Å². The van der Waals surface area contributed by atoms with E-state index in [9.17, 15) is 4.79 Å². The zero-order chi connectivity index (χ0) is 21.8. The van der Waals surface area contributed by atoms with E-state index < -0.39 is 0 Å². The van der Waals surface area contributed by atoms with Crippen LogP contribution < -0.4 is 9.47 Å². The number of aromatic nitrogens is 1. The Labute approximate surface area is 184 Å². The Morgan fingerprint density at radius 1 is 1.10 bits per heavy atom. The lowest BCUT2D eigenvalue weighted by molar-refractivity contribution is -0.131. The molecular weight excluding hydrogens is 392 g/mol. The molecule has 2 fully saturated rings. The molecule has 1 amide bonds. The van der Waals surface area contributed by atoms with Crippen molar-refractivity contribution in [1.29, 1.82) is 0 Å². The number of nitrogens with zero attached hydrogens (tertiary/aromatic N) is 2. The fourth-order valence-electron chi connectivity index (χ4n) is 4.46. The molecule has 0 aliphatic heterocycles. The van der Waals surface area contributed by atoms with Gasteiger partial charge in [-0.2, -0.15) is 0 Å². The van der Waals surface area contributed by atoms with Gasteiger partial charge >= 0.3 is 0 Å². The van der Waals surface area contributed by atoms with Crippen LogP contribution in [0.1, 0.15) is 73.9 Å². The zero-order valence-electron chi connectivity index (χ0n) is 19.0. The molecule has 0 N–H and O–H groups in total. The van der Waals surface area contributed by atoms with Gasteiger partial charge in [0.25, 0.3) is 0 Å². The molecule has 1 aromatic carbocycles. The Hall–Kier alpha value is -2.50. The third-order valence-corrected chi connectivity index (χ3v) is 6.49. The predicted octanol–water partition coefficient (Wildman–Crippen LogP) is 5.14. The third-order valence-electron chi connectivity index (χ3n) is 6.49. The number of rotatable bonds is 8. The Bertz CT molecular complexity index is 875. The molecular formula is C25H34N2O4. The summed E-state index contributed by atoms with van der Waals surface area (Å²) < 4.78 is 17.2. The summed E-state index contributed by atoms with van der Waals surface area (Å²) in [5.41, 5.74) is 2.77. The van der Waals surface area contributed by atoms with Crippen LogP contribution in [-0.4, -0.2) is 35.2 Å². The van der Waals surface area contributed by atoms with Crippen molar-refractivity contribution in [3.63, 3.8) is 0 Å². The lowest BCUT2D eigenvalue weighted by Crippen LogP contribution is -2.34. The minimum atomic E-state index is 0.124. The van der Waals surface area contributed by atoms with Crippen molar-refractivity contribution in [2.45, 2.75) is 90.3 Å². The van der Waals surface area contributed by atoms with Gasteiger partial charge in [0, 0.05) is 18.2 Å². The van der Waals surface area contributed by atoms with Crippen molar-refractivity contribution in [2.24, 2.45) is 0 Å². The van der Waals surface area contributed by atoms with Crippen LogP contribution in [0, 0.1) is 13.8 Å². The molecule has 0 saturated heterocycles. The third kappa shape index (κ3) is 5.41. The summed E-state index contributed by atoms with van der Waals surface area (Å²) in [4.78, 5) is 15.2. The van der Waals surface area contributed by atoms with Crippen LogP contribution >= 0.6 is 0 Å². The van der Waals surface area contributed by atoms with Gasteiger partial charge < -0.3 is 18.9 Å². The smallest absolute Gasteiger partial charge is 0.227 e. The number of benzene rings is 1. The molecule has 0 spiro atoms. The highest BCUT2D eigenvalue weighted by molar-refractivity contribution is 5.80. The Kier molecular flexibility index (Phi) is 6.83. The first-order valence-corrected chi connectivity index (χ1v) is 11.6. The SMILES string of the molecule is COc1ccc(CN(C(=O)Cc2c(C)noc2C)C2CC2)cc1OC1CCCCCC1. The molecule has 6 heteroatoms. The molecule has 31 heavy (non-hydrogen) atoms. The van der Waals surface area contributed by atoms with Crippen LogP contribution in [0.4, 0.5) is 0 Å². The summed E-state index contributed by atoms with van der Waals surface area (Å²) >= 11 is 0. The fourth-order valence-corrected chi connectivity index (χ4v) is 4.46. The van der Waals surface area contributed by atoms with Gasteiger partial charge in [-0.15, -0.1) is 0 Å². The lowest BCUT2D eigenvalue weighted by Gasteiger charge is -2.24. The van der Waals surface area contributed by atoms with Crippen LogP contribution in [0.15, 0.2) is 22.7 Å². The van der Waals surface area contributed by atoms with E-state index in [1.807, 2.05) is 30.9 Å². The van der Waals surface area contributed by atoms with Crippen LogP contribution in [0.3, 0.4) is 0 Å². The molecule has 2 aromatic rings. The van der Waals surface area contributed by atoms with E-state index in [1.165, 1.54) is 25.7 Å². The molecule has 2 aliphatic carbocycles. The van der Waals surface area contributed by atoms with Crippen LogP contribution in [-0.2, 0) is 17.8 Å². The maximum Gasteiger partial charge on any atom is 0.227 e. The summed E-state index contributed by atoms with van der Waals surface area (Å²) in [5.74, 6) is 2.40. The summed E-state index contributed by atoms with van der Waals surface area (Å²) in [6.07, 6.45) is 9.92. The second kappa shape index (κ2) is 9.75. The standard InChI is InChI=1S/C25H34N2O4/c1-17-22(18(2)31-26-17)15-25(28)27(20-11-12-20)16-19-10-13-23(29-3)24(14-19)30-21-8-6-4-5-7-9-21/h10,13-14,20-21H,4-9,11-12,15-16H2,1-3H3. The van der Waals surface area contributed by atoms with E-state index in [2.05, 4.69) is 11.2 Å². The van der Waals surface area contributed by atoms with Gasteiger partial charge in [0.05, 0.1) is 25.3 Å². The number of hydrogen-bond donors (Lipinski definition) is 0.